The summed E-state index contributed by atoms with van der Waals surface area (Å²) in [5.41, 5.74) is 1.57. The van der Waals surface area contributed by atoms with Gasteiger partial charge in [0.15, 0.2) is 0 Å². The lowest BCUT2D eigenvalue weighted by atomic mass is 10.2. The van der Waals surface area contributed by atoms with Crippen LogP contribution in [0.15, 0.2) is 60.7 Å². The van der Waals surface area contributed by atoms with Gasteiger partial charge in [-0.3, -0.25) is 0 Å². The van der Waals surface area contributed by atoms with Crippen molar-refractivity contribution in [2.75, 3.05) is 0 Å². The fourth-order valence-corrected chi connectivity index (χ4v) is 1.38. The third-order valence-corrected chi connectivity index (χ3v) is 2.46. The number of esters is 1. The molecule has 0 saturated carbocycles. The topological polar surface area (TPSA) is 63.6 Å². The minimum atomic E-state index is -5.08. The van der Waals surface area contributed by atoms with Gasteiger partial charge in [-0.15, -0.1) is 0 Å². The highest BCUT2D eigenvalue weighted by molar-refractivity contribution is 5.89. The molecule has 0 aliphatic carbocycles. The van der Waals surface area contributed by atoms with E-state index in [9.17, 15) is 18.0 Å². The molecule has 0 spiro atoms. The van der Waals surface area contributed by atoms with Crippen LogP contribution in [0.5, 0.6) is 0 Å². The summed E-state index contributed by atoms with van der Waals surface area (Å²) in [5.74, 6) is -3.04. The van der Waals surface area contributed by atoms with Crippen LogP contribution in [0.2, 0.25) is 0 Å². The Hall–Kier alpha value is -2.83. The number of halogens is 3. The van der Waals surface area contributed by atoms with Crippen LogP contribution < -0.4 is 0 Å². The van der Waals surface area contributed by atoms with Crippen LogP contribution in [0, 0.1) is 0 Å². The molecule has 23 heavy (non-hydrogen) atoms. The molecule has 0 radical (unpaired) electrons. The van der Waals surface area contributed by atoms with Gasteiger partial charge in [0.1, 0.15) is 6.61 Å². The van der Waals surface area contributed by atoms with Crippen molar-refractivity contribution in [3.05, 3.63) is 71.8 Å². The Morgan fingerprint density at radius 2 is 1.35 bits per heavy atom. The molecule has 0 fully saturated rings. The molecule has 4 nitrogen and oxygen atoms in total. The van der Waals surface area contributed by atoms with Crippen molar-refractivity contribution in [3.8, 4) is 0 Å². The number of carbonyl (C=O) groups excluding carboxylic acids is 1. The fraction of sp³-hybridized carbons (Fsp3) is 0.125. The smallest absolute Gasteiger partial charge is 0.475 e. The molecule has 7 heteroatoms. The normalized spacial score (nSPS) is 10.2. The number of rotatable bonds is 3. The van der Waals surface area contributed by atoms with Crippen molar-refractivity contribution < 1.29 is 32.6 Å². The van der Waals surface area contributed by atoms with Gasteiger partial charge in [0.05, 0.1) is 5.56 Å². The first kappa shape index (κ1) is 18.2. The van der Waals surface area contributed by atoms with E-state index >= 15 is 0 Å². The van der Waals surface area contributed by atoms with E-state index in [-0.39, 0.29) is 5.97 Å². The zero-order valence-electron chi connectivity index (χ0n) is 11.8. The van der Waals surface area contributed by atoms with E-state index in [1.807, 2.05) is 48.5 Å². The van der Waals surface area contributed by atoms with Gasteiger partial charge < -0.3 is 9.84 Å². The summed E-state index contributed by atoms with van der Waals surface area (Å²) in [6.07, 6.45) is -5.08. The molecule has 0 saturated heterocycles. The van der Waals surface area contributed by atoms with Gasteiger partial charge in [0, 0.05) is 0 Å². The summed E-state index contributed by atoms with van der Waals surface area (Å²) >= 11 is 0. The molecular formula is C16H13F3O4. The van der Waals surface area contributed by atoms with Crippen LogP contribution in [0.3, 0.4) is 0 Å². The third kappa shape index (κ3) is 7.12. The molecule has 2 aromatic rings. The van der Waals surface area contributed by atoms with Gasteiger partial charge in [-0.2, -0.15) is 13.2 Å². The van der Waals surface area contributed by atoms with Gasteiger partial charge >= 0.3 is 18.1 Å². The summed E-state index contributed by atoms with van der Waals surface area (Å²) in [6, 6.07) is 18.6. The number of aliphatic carboxylic acids is 1. The summed E-state index contributed by atoms with van der Waals surface area (Å²) in [4.78, 5) is 20.5. The van der Waals surface area contributed by atoms with Gasteiger partial charge in [-0.1, -0.05) is 48.5 Å². The molecule has 122 valence electrons. The predicted octanol–water partition coefficient (Wildman–Crippen LogP) is 3.68. The molecule has 0 aliphatic heterocycles. The lowest BCUT2D eigenvalue weighted by molar-refractivity contribution is -0.192. The number of carbonyl (C=O) groups is 2. The van der Waals surface area contributed by atoms with Crippen LogP contribution in [0.25, 0.3) is 0 Å². The number of benzene rings is 2. The van der Waals surface area contributed by atoms with Gasteiger partial charge in [-0.25, -0.2) is 9.59 Å². The molecule has 2 aromatic carbocycles. The summed E-state index contributed by atoms with van der Waals surface area (Å²) in [6.45, 7) is 0.314. The molecule has 0 aromatic heterocycles. The zero-order valence-corrected chi connectivity index (χ0v) is 11.8. The third-order valence-electron chi connectivity index (χ3n) is 2.46. The SMILES string of the molecule is O=C(O)C(F)(F)F.O=C(OCc1ccccc1)c1ccccc1. The molecule has 0 heterocycles. The van der Waals surface area contributed by atoms with E-state index in [2.05, 4.69) is 0 Å². The summed E-state index contributed by atoms with van der Waals surface area (Å²) in [7, 11) is 0. The van der Waals surface area contributed by atoms with Crippen LogP contribution in [0.1, 0.15) is 15.9 Å². The lowest BCUT2D eigenvalue weighted by Crippen LogP contribution is -2.21. The summed E-state index contributed by atoms with van der Waals surface area (Å²) in [5, 5.41) is 7.12. The molecule has 0 atom stereocenters. The van der Waals surface area contributed by atoms with E-state index < -0.39 is 12.1 Å². The molecule has 2 rings (SSSR count). The van der Waals surface area contributed by atoms with Crippen molar-refractivity contribution in [1.82, 2.24) is 0 Å². The molecule has 0 unspecified atom stereocenters. The lowest BCUT2D eigenvalue weighted by Gasteiger charge is -2.04. The standard InChI is InChI=1S/C14H12O2.C2HF3O2/c15-14(13-9-5-2-6-10-13)16-11-12-7-3-1-4-8-12;3-2(4,5)1(6)7/h1-10H,11H2;(H,6,7). The van der Waals surface area contributed by atoms with Gasteiger partial charge in [0.25, 0.3) is 0 Å². The fourth-order valence-electron chi connectivity index (χ4n) is 1.38. The Morgan fingerprint density at radius 1 is 0.913 bits per heavy atom. The number of hydrogen-bond donors (Lipinski definition) is 1. The number of carboxylic acids is 1. The minimum Gasteiger partial charge on any atom is -0.475 e. The molecular weight excluding hydrogens is 313 g/mol. The minimum absolute atomic E-state index is 0.288. The average Bonchev–Trinajstić information content (AvgIpc) is 2.54. The van der Waals surface area contributed by atoms with Crippen molar-refractivity contribution >= 4 is 11.9 Å². The second-order valence-corrected chi connectivity index (χ2v) is 4.23. The maximum Gasteiger partial charge on any atom is 0.490 e. The maximum atomic E-state index is 11.6. The van der Waals surface area contributed by atoms with Crippen molar-refractivity contribution in [2.45, 2.75) is 12.8 Å². The van der Waals surface area contributed by atoms with Crippen molar-refractivity contribution in [3.63, 3.8) is 0 Å². The molecule has 1 N–H and O–H groups in total. The van der Waals surface area contributed by atoms with E-state index in [1.165, 1.54) is 0 Å². The Labute approximate surface area is 130 Å². The number of hydrogen-bond acceptors (Lipinski definition) is 3. The highest BCUT2D eigenvalue weighted by Gasteiger charge is 2.38. The van der Waals surface area contributed by atoms with E-state index in [1.54, 1.807) is 12.1 Å². The van der Waals surface area contributed by atoms with Crippen molar-refractivity contribution in [2.24, 2.45) is 0 Å². The van der Waals surface area contributed by atoms with Gasteiger partial charge in [0.2, 0.25) is 0 Å². The van der Waals surface area contributed by atoms with Crippen LogP contribution in [-0.2, 0) is 16.1 Å². The van der Waals surface area contributed by atoms with E-state index in [0.29, 0.717) is 12.2 Å². The van der Waals surface area contributed by atoms with Crippen molar-refractivity contribution in [1.29, 1.82) is 0 Å². The Morgan fingerprint density at radius 3 is 1.78 bits per heavy atom. The molecule has 0 aliphatic rings. The molecule has 0 bridgehead atoms. The van der Waals surface area contributed by atoms with Gasteiger partial charge in [-0.05, 0) is 17.7 Å². The van der Waals surface area contributed by atoms with Crippen LogP contribution >= 0.6 is 0 Å². The second kappa shape index (κ2) is 8.57. The highest BCUT2D eigenvalue weighted by Crippen LogP contribution is 2.13. The van der Waals surface area contributed by atoms with Crippen LogP contribution in [-0.4, -0.2) is 23.2 Å². The first-order valence-electron chi connectivity index (χ1n) is 6.37. The first-order chi connectivity index (χ1) is 10.8. The average molecular weight is 326 g/mol. The highest BCUT2D eigenvalue weighted by atomic mass is 19.4. The number of alkyl halides is 3. The largest absolute Gasteiger partial charge is 0.490 e. The number of ether oxygens (including phenoxy) is 1. The Balaban J connectivity index is 0.000000322. The zero-order chi connectivity index (χ0) is 17.3. The van der Waals surface area contributed by atoms with Crippen LogP contribution in [0.4, 0.5) is 13.2 Å². The Bertz CT molecular complexity index is 625. The van der Waals surface area contributed by atoms with E-state index in [4.69, 9.17) is 14.6 Å². The molecule has 0 amide bonds. The maximum absolute atomic E-state index is 11.6. The summed E-state index contributed by atoms with van der Waals surface area (Å²) < 4.78 is 36.9. The van der Waals surface area contributed by atoms with E-state index in [0.717, 1.165) is 5.56 Å². The second-order valence-electron chi connectivity index (χ2n) is 4.23. The Kier molecular flexibility index (Phi) is 6.79. The first-order valence-corrected chi connectivity index (χ1v) is 6.37. The monoisotopic (exact) mass is 326 g/mol. The predicted molar refractivity (Wildman–Crippen MR) is 75.7 cm³/mol. The number of carboxylic acid groups (broad SMARTS) is 1. The quantitative estimate of drug-likeness (QED) is 0.874.